The molecule has 1 aliphatic rings. The van der Waals surface area contributed by atoms with Crippen molar-refractivity contribution >= 4 is 6.08 Å². The van der Waals surface area contributed by atoms with E-state index in [-0.39, 0.29) is 0 Å². The minimum absolute atomic E-state index is 0.685. The summed E-state index contributed by atoms with van der Waals surface area (Å²) in [6.45, 7) is 4.52. The third-order valence-corrected chi connectivity index (χ3v) is 5.96. The largest absolute Gasteiger partial charge is 0.0840 e. The highest BCUT2D eigenvalue weighted by Gasteiger charge is 2.23. The predicted octanol–water partition coefficient (Wildman–Crippen LogP) is 7.97. The maximum atomic E-state index is 3.47. The van der Waals surface area contributed by atoms with Gasteiger partial charge in [-0.15, -0.1) is 0 Å². The molecule has 0 atom stereocenters. The van der Waals surface area contributed by atoms with Crippen LogP contribution >= 0.6 is 0 Å². The summed E-state index contributed by atoms with van der Waals surface area (Å²) in [5.41, 5.74) is 5.02. The smallest absolute Gasteiger partial charge is 0.0283 e. The molecular formula is C28H34. The minimum Gasteiger partial charge on any atom is -0.0840 e. The van der Waals surface area contributed by atoms with Gasteiger partial charge >= 0.3 is 0 Å². The van der Waals surface area contributed by atoms with E-state index in [4.69, 9.17) is 0 Å². The average Bonchev–Trinajstić information content (AvgIpc) is 2.74. The monoisotopic (exact) mass is 370 g/mol. The Morgan fingerprint density at radius 3 is 2.32 bits per heavy atom. The SMILES string of the molecule is CCC/C=C/c1ccc(C#Cc2ccccc2C2CCC(CCC)CC2)cc1. The van der Waals surface area contributed by atoms with Gasteiger partial charge in [-0.1, -0.05) is 87.4 Å². The molecule has 1 fully saturated rings. The second-order valence-corrected chi connectivity index (χ2v) is 8.16. The molecule has 28 heavy (non-hydrogen) atoms. The second-order valence-electron chi connectivity index (χ2n) is 8.16. The summed E-state index contributed by atoms with van der Waals surface area (Å²) < 4.78 is 0. The first-order valence-electron chi connectivity index (χ1n) is 11.2. The highest BCUT2D eigenvalue weighted by atomic mass is 14.3. The normalized spacial score (nSPS) is 19.4. The molecule has 2 aromatic rings. The summed E-state index contributed by atoms with van der Waals surface area (Å²) in [5, 5.41) is 0. The fourth-order valence-electron chi connectivity index (χ4n) is 4.34. The van der Waals surface area contributed by atoms with E-state index in [1.807, 2.05) is 0 Å². The van der Waals surface area contributed by atoms with Gasteiger partial charge in [0, 0.05) is 11.1 Å². The Morgan fingerprint density at radius 2 is 1.61 bits per heavy atom. The van der Waals surface area contributed by atoms with Crippen LogP contribution in [0.1, 0.15) is 93.4 Å². The molecule has 0 bridgehead atoms. The van der Waals surface area contributed by atoms with Crippen molar-refractivity contribution in [3.63, 3.8) is 0 Å². The Labute approximate surface area is 172 Å². The Morgan fingerprint density at radius 1 is 0.857 bits per heavy atom. The van der Waals surface area contributed by atoms with E-state index in [0.29, 0.717) is 5.92 Å². The zero-order valence-electron chi connectivity index (χ0n) is 17.6. The van der Waals surface area contributed by atoms with Gasteiger partial charge < -0.3 is 0 Å². The molecule has 0 saturated heterocycles. The third kappa shape index (κ3) is 5.87. The summed E-state index contributed by atoms with van der Waals surface area (Å²) in [6.07, 6.45) is 14.9. The molecule has 146 valence electrons. The molecule has 0 amide bonds. The van der Waals surface area contributed by atoms with Crippen LogP contribution in [0.4, 0.5) is 0 Å². The van der Waals surface area contributed by atoms with Crippen LogP contribution in [0, 0.1) is 17.8 Å². The highest BCUT2D eigenvalue weighted by Crippen LogP contribution is 2.38. The van der Waals surface area contributed by atoms with Crippen molar-refractivity contribution < 1.29 is 0 Å². The van der Waals surface area contributed by atoms with Crippen molar-refractivity contribution in [3.8, 4) is 11.8 Å². The van der Waals surface area contributed by atoms with Crippen molar-refractivity contribution in [2.24, 2.45) is 5.92 Å². The van der Waals surface area contributed by atoms with Gasteiger partial charge in [-0.05, 0) is 73.3 Å². The molecule has 0 spiro atoms. The molecule has 0 radical (unpaired) electrons. The van der Waals surface area contributed by atoms with Gasteiger partial charge in [0.05, 0.1) is 0 Å². The van der Waals surface area contributed by atoms with Crippen LogP contribution < -0.4 is 0 Å². The molecule has 0 N–H and O–H groups in total. The zero-order chi connectivity index (χ0) is 19.6. The summed E-state index contributed by atoms with van der Waals surface area (Å²) in [4.78, 5) is 0. The number of unbranched alkanes of at least 4 members (excludes halogenated alkanes) is 1. The predicted molar refractivity (Wildman–Crippen MR) is 122 cm³/mol. The molecule has 3 rings (SSSR count). The van der Waals surface area contributed by atoms with Gasteiger partial charge in [0.15, 0.2) is 0 Å². The summed E-state index contributed by atoms with van der Waals surface area (Å²) in [5.74, 6) is 8.49. The third-order valence-electron chi connectivity index (χ3n) is 5.96. The van der Waals surface area contributed by atoms with E-state index in [2.05, 4.69) is 86.4 Å². The van der Waals surface area contributed by atoms with E-state index in [9.17, 15) is 0 Å². The average molecular weight is 371 g/mol. The number of benzene rings is 2. The molecule has 0 nitrogen and oxygen atoms in total. The van der Waals surface area contributed by atoms with Gasteiger partial charge in [-0.2, -0.15) is 0 Å². The minimum atomic E-state index is 0.685. The van der Waals surface area contributed by atoms with Crippen LogP contribution in [0.2, 0.25) is 0 Å². The second kappa shape index (κ2) is 10.9. The molecule has 0 unspecified atom stereocenters. The Kier molecular flexibility index (Phi) is 7.98. The molecule has 1 saturated carbocycles. The summed E-state index contributed by atoms with van der Waals surface area (Å²) in [7, 11) is 0. The number of hydrogen-bond acceptors (Lipinski definition) is 0. The Hall–Kier alpha value is -2.26. The van der Waals surface area contributed by atoms with E-state index in [1.165, 1.54) is 61.6 Å². The van der Waals surface area contributed by atoms with Gasteiger partial charge in [-0.25, -0.2) is 0 Å². The number of rotatable bonds is 6. The van der Waals surface area contributed by atoms with Crippen molar-refractivity contribution in [1.29, 1.82) is 0 Å². The maximum absolute atomic E-state index is 3.47. The molecule has 0 heteroatoms. The van der Waals surface area contributed by atoms with Gasteiger partial charge in [-0.3, -0.25) is 0 Å². The maximum Gasteiger partial charge on any atom is 0.0283 e. The fourth-order valence-corrected chi connectivity index (χ4v) is 4.34. The molecule has 0 aliphatic heterocycles. The van der Waals surface area contributed by atoms with Gasteiger partial charge in [0.25, 0.3) is 0 Å². The first-order valence-corrected chi connectivity index (χ1v) is 11.2. The topological polar surface area (TPSA) is 0 Å². The lowest BCUT2D eigenvalue weighted by Crippen LogP contribution is -2.14. The highest BCUT2D eigenvalue weighted by molar-refractivity contribution is 5.53. The molecule has 0 aromatic heterocycles. The van der Waals surface area contributed by atoms with E-state index in [1.54, 1.807) is 0 Å². The van der Waals surface area contributed by atoms with Crippen LogP contribution in [0.3, 0.4) is 0 Å². The van der Waals surface area contributed by atoms with E-state index < -0.39 is 0 Å². The van der Waals surface area contributed by atoms with Crippen molar-refractivity contribution in [2.75, 3.05) is 0 Å². The van der Waals surface area contributed by atoms with Gasteiger partial charge in [0.1, 0.15) is 0 Å². The van der Waals surface area contributed by atoms with E-state index in [0.717, 1.165) is 17.9 Å². The zero-order valence-corrected chi connectivity index (χ0v) is 17.6. The Bertz CT molecular complexity index is 805. The first-order chi connectivity index (χ1) is 13.8. The van der Waals surface area contributed by atoms with Crippen molar-refractivity contribution in [2.45, 2.75) is 71.1 Å². The number of allylic oxidation sites excluding steroid dienone is 1. The van der Waals surface area contributed by atoms with Crippen LogP contribution in [0.25, 0.3) is 6.08 Å². The molecule has 0 heterocycles. The molecule has 2 aromatic carbocycles. The lowest BCUT2D eigenvalue weighted by Gasteiger charge is -2.29. The quantitative estimate of drug-likeness (QED) is 0.452. The van der Waals surface area contributed by atoms with Crippen molar-refractivity contribution in [1.82, 2.24) is 0 Å². The van der Waals surface area contributed by atoms with Gasteiger partial charge in [0.2, 0.25) is 0 Å². The first kappa shape index (κ1) is 20.5. The van der Waals surface area contributed by atoms with Crippen LogP contribution in [-0.4, -0.2) is 0 Å². The molecule has 1 aliphatic carbocycles. The summed E-state index contributed by atoms with van der Waals surface area (Å²) in [6, 6.07) is 17.4. The number of hydrogen-bond donors (Lipinski definition) is 0. The Balaban J connectivity index is 1.69. The standard InChI is InChI=1S/C28H34/c1-3-5-6-10-24-13-15-25(16-14-24)19-20-26-11-7-8-12-28(26)27-21-17-23(9-4-2)18-22-27/h6-8,10-16,23,27H,3-5,9,17-18,21-22H2,1-2H3/b10-6+. The summed E-state index contributed by atoms with van der Waals surface area (Å²) >= 11 is 0. The van der Waals surface area contributed by atoms with Crippen LogP contribution in [0.5, 0.6) is 0 Å². The van der Waals surface area contributed by atoms with Crippen molar-refractivity contribution in [3.05, 3.63) is 76.9 Å². The lowest BCUT2D eigenvalue weighted by atomic mass is 9.76. The molecular weight excluding hydrogens is 336 g/mol. The van der Waals surface area contributed by atoms with Crippen LogP contribution in [-0.2, 0) is 0 Å². The van der Waals surface area contributed by atoms with Crippen LogP contribution in [0.15, 0.2) is 54.6 Å². The lowest BCUT2D eigenvalue weighted by molar-refractivity contribution is 0.308. The fraction of sp³-hybridized carbons (Fsp3) is 0.429. The van der Waals surface area contributed by atoms with E-state index >= 15 is 0 Å².